The molecule has 1 N–H and O–H groups in total. The Hall–Kier alpha value is -1.81. The number of hydrogen-bond donors (Lipinski definition) is 1. The van der Waals surface area contributed by atoms with Gasteiger partial charge in [-0.05, 0) is 30.7 Å². The second-order valence-electron chi connectivity index (χ2n) is 4.79. The van der Waals surface area contributed by atoms with E-state index < -0.39 is 5.97 Å². The average Bonchev–Trinajstić information content (AvgIpc) is 2.83. The molecule has 0 atom stereocenters. The highest BCUT2D eigenvalue weighted by Crippen LogP contribution is 2.25. The number of fused-ring (bicyclic) bond motifs is 1. The van der Waals surface area contributed by atoms with Crippen LogP contribution in [-0.2, 0) is 17.6 Å². The molecule has 4 nitrogen and oxygen atoms in total. The predicted molar refractivity (Wildman–Crippen MR) is 73.6 cm³/mol. The monoisotopic (exact) mass is 261 g/mol. The normalized spacial score (nSPS) is 13.8. The van der Waals surface area contributed by atoms with Gasteiger partial charge in [0.15, 0.2) is 0 Å². The number of carboxylic acid groups (broad SMARTS) is 1. The van der Waals surface area contributed by atoms with Gasteiger partial charge >= 0.3 is 5.97 Å². The summed E-state index contributed by atoms with van der Waals surface area (Å²) in [5.41, 5.74) is 2.60. The average molecular weight is 261 g/mol. The number of hydrogen-bond acceptors (Lipinski definition) is 3. The van der Waals surface area contributed by atoms with Crippen molar-refractivity contribution in [3.05, 3.63) is 41.5 Å². The molecule has 1 aliphatic heterocycles. The van der Waals surface area contributed by atoms with Crippen LogP contribution in [0, 0.1) is 0 Å². The molecule has 0 radical (unpaired) electrons. The first kappa shape index (κ1) is 13.6. The zero-order valence-electron chi connectivity index (χ0n) is 11.1. The van der Waals surface area contributed by atoms with Crippen molar-refractivity contribution in [3.8, 4) is 5.75 Å². The maximum Gasteiger partial charge on any atom is 0.328 e. The van der Waals surface area contributed by atoms with E-state index in [1.54, 1.807) is 6.08 Å². The standard InChI is InChI=1S/C15H19NO3/c1-16(8-2-3-15(17)18)9-6-12-4-5-14-13(11-12)7-10-19-14/h2-5,11H,6-10H2,1H3,(H,17,18)/b3-2+. The summed E-state index contributed by atoms with van der Waals surface area (Å²) in [5.74, 6) is 0.119. The van der Waals surface area contributed by atoms with Crippen LogP contribution in [0.5, 0.6) is 5.75 Å². The maximum atomic E-state index is 10.4. The number of aliphatic carboxylic acids is 1. The third kappa shape index (κ3) is 4.10. The number of benzene rings is 1. The zero-order chi connectivity index (χ0) is 13.7. The molecule has 1 aliphatic rings. The molecule has 4 heteroatoms. The van der Waals surface area contributed by atoms with Crippen LogP contribution in [-0.4, -0.2) is 42.7 Å². The maximum absolute atomic E-state index is 10.4. The van der Waals surface area contributed by atoms with Crippen LogP contribution in [0.15, 0.2) is 30.4 Å². The topological polar surface area (TPSA) is 49.8 Å². The Morgan fingerprint density at radius 3 is 3.16 bits per heavy atom. The van der Waals surface area contributed by atoms with Crippen molar-refractivity contribution < 1.29 is 14.6 Å². The van der Waals surface area contributed by atoms with Gasteiger partial charge in [0.25, 0.3) is 0 Å². The molecule has 0 saturated carbocycles. The third-order valence-electron chi connectivity index (χ3n) is 3.21. The summed E-state index contributed by atoms with van der Waals surface area (Å²) in [5, 5.41) is 8.51. The summed E-state index contributed by atoms with van der Waals surface area (Å²) in [6.07, 6.45) is 4.81. The molecule has 0 spiro atoms. The van der Waals surface area contributed by atoms with Crippen LogP contribution < -0.4 is 4.74 Å². The summed E-state index contributed by atoms with van der Waals surface area (Å²) >= 11 is 0. The van der Waals surface area contributed by atoms with E-state index in [2.05, 4.69) is 17.0 Å². The molecule has 0 fully saturated rings. The molecule has 1 aromatic carbocycles. The molecule has 19 heavy (non-hydrogen) atoms. The van der Waals surface area contributed by atoms with E-state index in [0.717, 1.165) is 31.7 Å². The second-order valence-corrected chi connectivity index (χ2v) is 4.79. The SMILES string of the molecule is CN(C/C=C/C(=O)O)CCc1ccc2c(c1)CCO2. The van der Waals surface area contributed by atoms with E-state index in [-0.39, 0.29) is 0 Å². The molecule has 102 valence electrons. The van der Waals surface area contributed by atoms with Gasteiger partial charge < -0.3 is 14.7 Å². The van der Waals surface area contributed by atoms with E-state index in [4.69, 9.17) is 9.84 Å². The van der Waals surface area contributed by atoms with Gasteiger partial charge in [0, 0.05) is 25.6 Å². The van der Waals surface area contributed by atoms with E-state index in [9.17, 15) is 4.79 Å². The van der Waals surface area contributed by atoms with Crippen molar-refractivity contribution in [3.63, 3.8) is 0 Å². The van der Waals surface area contributed by atoms with Crippen molar-refractivity contribution >= 4 is 5.97 Å². The molecule has 0 saturated heterocycles. The summed E-state index contributed by atoms with van der Waals surface area (Å²) in [7, 11) is 1.99. The molecule has 1 heterocycles. The minimum Gasteiger partial charge on any atom is -0.493 e. The first-order valence-corrected chi connectivity index (χ1v) is 6.48. The lowest BCUT2D eigenvalue weighted by Gasteiger charge is -2.14. The first-order valence-electron chi connectivity index (χ1n) is 6.48. The Balaban J connectivity index is 1.80. The third-order valence-corrected chi connectivity index (χ3v) is 3.21. The number of rotatable bonds is 6. The molecule has 0 bridgehead atoms. The Morgan fingerprint density at radius 1 is 1.53 bits per heavy atom. The number of carboxylic acids is 1. The van der Waals surface area contributed by atoms with E-state index in [1.165, 1.54) is 17.2 Å². The van der Waals surface area contributed by atoms with Gasteiger partial charge in [-0.1, -0.05) is 18.2 Å². The number of nitrogens with zero attached hydrogens (tertiary/aromatic N) is 1. The molecule has 0 unspecified atom stereocenters. The van der Waals surface area contributed by atoms with Crippen LogP contribution >= 0.6 is 0 Å². The Morgan fingerprint density at radius 2 is 2.37 bits per heavy atom. The van der Waals surface area contributed by atoms with E-state index in [0.29, 0.717) is 6.54 Å². The molecule has 2 rings (SSSR count). The number of carbonyl (C=O) groups is 1. The number of ether oxygens (including phenoxy) is 1. The van der Waals surface area contributed by atoms with Gasteiger partial charge in [0.2, 0.25) is 0 Å². The van der Waals surface area contributed by atoms with Crippen molar-refractivity contribution in [1.82, 2.24) is 4.90 Å². The molecule has 0 aromatic heterocycles. The fraction of sp³-hybridized carbons (Fsp3) is 0.400. The van der Waals surface area contributed by atoms with Crippen molar-refractivity contribution in [2.45, 2.75) is 12.8 Å². The first-order chi connectivity index (χ1) is 9.15. The lowest BCUT2D eigenvalue weighted by atomic mass is 10.1. The minimum atomic E-state index is -0.896. The van der Waals surface area contributed by atoms with Crippen molar-refractivity contribution in [1.29, 1.82) is 0 Å². The van der Waals surface area contributed by atoms with Gasteiger partial charge in [-0.15, -0.1) is 0 Å². The molecule has 0 amide bonds. The van der Waals surface area contributed by atoms with Crippen LogP contribution in [0.2, 0.25) is 0 Å². The van der Waals surface area contributed by atoms with Crippen molar-refractivity contribution in [2.24, 2.45) is 0 Å². The lowest BCUT2D eigenvalue weighted by molar-refractivity contribution is -0.131. The van der Waals surface area contributed by atoms with Crippen LogP contribution in [0.1, 0.15) is 11.1 Å². The summed E-state index contributed by atoms with van der Waals surface area (Å²) in [6, 6.07) is 6.36. The van der Waals surface area contributed by atoms with Crippen LogP contribution in [0.25, 0.3) is 0 Å². The largest absolute Gasteiger partial charge is 0.493 e. The quantitative estimate of drug-likeness (QED) is 0.792. The molecule has 0 aliphatic carbocycles. The molecular weight excluding hydrogens is 242 g/mol. The Labute approximate surface area is 113 Å². The molecular formula is C15H19NO3. The van der Waals surface area contributed by atoms with Crippen LogP contribution in [0.3, 0.4) is 0 Å². The highest BCUT2D eigenvalue weighted by atomic mass is 16.5. The van der Waals surface area contributed by atoms with Crippen molar-refractivity contribution in [2.75, 3.05) is 26.7 Å². The minimum absolute atomic E-state index is 0.653. The number of likely N-dealkylation sites (N-methyl/N-ethyl adjacent to an activating group) is 1. The van der Waals surface area contributed by atoms with Gasteiger partial charge in [0.05, 0.1) is 6.61 Å². The second kappa shape index (κ2) is 6.38. The fourth-order valence-electron chi connectivity index (χ4n) is 2.14. The smallest absolute Gasteiger partial charge is 0.328 e. The fourth-order valence-corrected chi connectivity index (χ4v) is 2.14. The van der Waals surface area contributed by atoms with E-state index in [1.807, 2.05) is 13.1 Å². The van der Waals surface area contributed by atoms with Gasteiger partial charge in [-0.2, -0.15) is 0 Å². The highest BCUT2D eigenvalue weighted by molar-refractivity contribution is 5.79. The van der Waals surface area contributed by atoms with E-state index >= 15 is 0 Å². The molecule has 1 aromatic rings. The lowest BCUT2D eigenvalue weighted by Crippen LogP contribution is -2.21. The van der Waals surface area contributed by atoms with Gasteiger partial charge in [-0.25, -0.2) is 4.79 Å². The summed E-state index contributed by atoms with van der Waals surface area (Å²) < 4.78 is 5.48. The highest BCUT2D eigenvalue weighted by Gasteiger charge is 2.11. The van der Waals surface area contributed by atoms with Crippen LogP contribution in [0.4, 0.5) is 0 Å². The summed E-state index contributed by atoms with van der Waals surface area (Å²) in [4.78, 5) is 12.5. The zero-order valence-corrected chi connectivity index (χ0v) is 11.1. The summed E-state index contributed by atoms with van der Waals surface area (Å²) in [6.45, 7) is 2.35. The predicted octanol–water partition coefficient (Wildman–Crippen LogP) is 1.74. The Kier molecular flexibility index (Phi) is 4.58. The van der Waals surface area contributed by atoms with Gasteiger partial charge in [0.1, 0.15) is 5.75 Å². The van der Waals surface area contributed by atoms with Gasteiger partial charge in [-0.3, -0.25) is 0 Å². The Bertz CT molecular complexity index is 482.